The summed E-state index contributed by atoms with van der Waals surface area (Å²) in [7, 11) is 0. The normalized spacial score (nSPS) is 10.7. The average Bonchev–Trinajstić information content (AvgIpc) is 3.05. The molecule has 3 rings (SSSR count). The second kappa shape index (κ2) is 4.41. The quantitative estimate of drug-likeness (QED) is 0.739. The first-order valence-corrected chi connectivity index (χ1v) is 5.71. The molecule has 4 heteroatoms. The third kappa shape index (κ3) is 1.88. The van der Waals surface area contributed by atoms with Crippen molar-refractivity contribution in [2.24, 2.45) is 0 Å². The van der Waals surface area contributed by atoms with Gasteiger partial charge in [-0.25, -0.2) is 0 Å². The van der Waals surface area contributed by atoms with Crippen LogP contribution in [0.4, 0.5) is 0 Å². The fraction of sp³-hybridized carbons (Fsp3) is 0.0714. The van der Waals surface area contributed by atoms with Crippen LogP contribution < -0.4 is 5.32 Å². The van der Waals surface area contributed by atoms with Crippen LogP contribution in [0.3, 0.4) is 0 Å². The number of hydrogen-bond donors (Lipinski definition) is 2. The van der Waals surface area contributed by atoms with Crippen LogP contribution in [0.1, 0.15) is 16.1 Å². The van der Waals surface area contributed by atoms with Crippen molar-refractivity contribution in [3.63, 3.8) is 0 Å². The van der Waals surface area contributed by atoms with E-state index in [1.54, 1.807) is 18.4 Å². The maximum atomic E-state index is 12.1. The lowest BCUT2D eigenvalue weighted by Gasteiger charge is -2.04. The monoisotopic (exact) mass is 240 g/mol. The molecule has 0 aliphatic rings. The number of furan rings is 1. The highest BCUT2D eigenvalue weighted by Crippen LogP contribution is 2.16. The van der Waals surface area contributed by atoms with Crippen molar-refractivity contribution in [2.75, 3.05) is 0 Å². The van der Waals surface area contributed by atoms with E-state index >= 15 is 0 Å². The third-order valence-corrected chi connectivity index (χ3v) is 2.84. The summed E-state index contributed by atoms with van der Waals surface area (Å²) >= 11 is 0. The summed E-state index contributed by atoms with van der Waals surface area (Å²) in [5.41, 5.74) is 1.50. The maximum Gasteiger partial charge on any atom is 0.253 e. The number of aromatic nitrogens is 1. The molecule has 0 atom stereocenters. The van der Waals surface area contributed by atoms with Crippen LogP contribution in [0.15, 0.2) is 53.3 Å². The number of benzene rings is 1. The molecule has 2 heterocycles. The summed E-state index contributed by atoms with van der Waals surface area (Å²) in [5, 5.41) is 3.86. The number of nitrogens with one attached hydrogen (secondary N) is 2. The lowest BCUT2D eigenvalue weighted by molar-refractivity contribution is 0.0949. The highest BCUT2D eigenvalue weighted by Gasteiger charge is 2.10. The minimum Gasteiger partial charge on any atom is -0.467 e. The minimum absolute atomic E-state index is 0.112. The molecule has 3 aromatic rings. The van der Waals surface area contributed by atoms with Gasteiger partial charge in [-0.05, 0) is 24.3 Å². The fourth-order valence-electron chi connectivity index (χ4n) is 1.95. The Balaban J connectivity index is 1.81. The number of carbonyl (C=O) groups excluding carboxylic acids is 1. The van der Waals surface area contributed by atoms with Crippen LogP contribution in [0.2, 0.25) is 0 Å². The van der Waals surface area contributed by atoms with Gasteiger partial charge in [0.15, 0.2) is 0 Å². The Morgan fingerprint density at radius 3 is 3.00 bits per heavy atom. The average molecular weight is 240 g/mol. The highest BCUT2D eigenvalue weighted by atomic mass is 16.3. The van der Waals surface area contributed by atoms with Gasteiger partial charge in [0.2, 0.25) is 0 Å². The van der Waals surface area contributed by atoms with Gasteiger partial charge in [-0.15, -0.1) is 0 Å². The van der Waals surface area contributed by atoms with E-state index in [4.69, 9.17) is 4.42 Å². The molecule has 90 valence electrons. The standard InChI is InChI=1S/C14H12N2O2/c17-14(16-9-11-4-2-8-18-11)12-5-1-3-10-6-7-15-13(10)12/h1-8,15H,9H2,(H,16,17). The first kappa shape index (κ1) is 10.7. The number of H-pyrrole nitrogens is 1. The van der Waals surface area contributed by atoms with Gasteiger partial charge >= 0.3 is 0 Å². The Morgan fingerprint density at radius 1 is 1.22 bits per heavy atom. The molecule has 2 N–H and O–H groups in total. The van der Waals surface area contributed by atoms with Crippen LogP contribution in [-0.4, -0.2) is 10.9 Å². The van der Waals surface area contributed by atoms with Crippen molar-refractivity contribution in [1.29, 1.82) is 0 Å². The molecular formula is C14H12N2O2. The number of aromatic amines is 1. The molecule has 0 radical (unpaired) electrons. The molecule has 0 saturated heterocycles. The van der Waals surface area contributed by atoms with Crippen molar-refractivity contribution in [2.45, 2.75) is 6.54 Å². The van der Waals surface area contributed by atoms with E-state index in [2.05, 4.69) is 10.3 Å². The molecule has 1 aromatic carbocycles. The summed E-state index contributed by atoms with van der Waals surface area (Å²) in [6.07, 6.45) is 3.42. The predicted octanol–water partition coefficient (Wildman–Crippen LogP) is 2.69. The zero-order chi connectivity index (χ0) is 12.4. The van der Waals surface area contributed by atoms with Gasteiger partial charge in [0.25, 0.3) is 5.91 Å². The molecule has 4 nitrogen and oxygen atoms in total. The van der Waals surface area contributed by atoms with Crippen molar-refractivity contribution in [1.82, 2.24) is 10.3 Å². The smallest absolute Gasteiger partial charge is 0.253 e. The third-order valence-electron chi connectivity index (χ3n) is 2.84. The fourth-order valence-corrected chi connectivity index (χ4v) is 1.95. The Hall–Kier alpha value is -2.49. The van der Waals surface area contributed by atoms with E-state index in [-0.39, 0.29) is 5.91 Å². The number of carbonyl (C=O) groups is 1. The molecule has 0 bridgehead atoms. The number of hydrogen-bond acceptors (Lipinski definition) is 2. The second-order valence-corrected chi connectivity index (χ2v) is 4.01. The number of para-hydroxylation sites is 1. The van der Waals surface area contributed by atoms with Gasteiger partial charge in [-0.3, -0.25) is 4.79 Å². The number of rotatable bonds is 3. The Kier molecular flexibility index (Phi) is 2.61. The Labute approximate surface area is 104 Å². The van der Waals surface area contributed by atoms with Crippen LogP contribution in [0.5, 0.6) is 0 Å². The van der Waals surface area contributed by atoms with Crippen LogP contribution in [-0.2, 0) is 6.54 Å². The van der Waals surface area contributed by atoms with Gasteiger partial charge in [-0.2, -0.15) is 0 Å². The zero-order valence-corrected chi connectivity index (χ0v) is 9.64. The van der Waals surface area contributed by atoms with Crippen molar-refractivity contribution in [3.8, 4) is 0 Å². The van der Waals surface area contributed by atoms with Crippen molar-refractivity contribution < 1.29 is 9.21 Å². The topological polar surface area (TPSA) is 58.0 Å². The Morgan fingerprint density at radius 2 is 2.17 bits per heavy atom. The number of amides is 1. The van der Waals surface area contributed by atoms with Gasteiger partial charge in [0, 0.05) is 11.6 Å². The summed E-state index contributed by atoms with van der Waals surface area (Å²) < 4.78 is 5.17. The molecule has 0 unspecified atom stereocenters. The second-order valence-electron chi connectivity index (χ2n) is 4.01. The molecule has 0 aliphatic carbocycles. The van der Waals surface area contributed by atoms with Crippen LogP contribution >= 0.6 is 0 Å². The van der Waals surface area contributed by atoms with E-state index in [9.17, 15) is 4.79 Å². The zero-order valence-electron chi connectivity index (χ0n) is 9.64. The number of fused-ring (bicyclic) bond motifs is 1. The van der Waals surface area contributed by atoms with Crippen molar-refractivity contribution in [3.05, 3.63) is 60.2 Å². The van der Waals surface area contributed by atoms with Gasteiger partial charge in [0.05, 0.1) is 23.9 Å². The van der Waals surface area contributed by atoms with E-state index in [0.717, 1.165) is 16.7 Å². The molecule has 1 amide bonds. The molecule has 0 spiro atoms. The SMILES string of the molecule is O=C(NCc1ccco1)c1cccc2cc[nH]c12. The lowest BCUT2D eigenvalue weighted by atomic mass is 10.1. The lowest BCUT2D eigenvalue weighted by Crippen LogP contribution is -2.22. The van der Waals surface area contributed by atoms with Gasteiger partial charge in [0.1, 0.15) is 5.76 Å². The first-order valence-electron chi connectivity index (χ1n) is 5.71. The molecule has 18 heavy (non-hydrogen) atoms. The summed E-state index contributed by atoms with van der Waals surface area (Å²) in [5.74, 6) is 0.626. The van der Waals surface area contributed by atoms with Gasteiger partial charge in [-0.1, -0.05) is 12.1 Å². The summed E-state index contributed by atoms with van der Waals surface area (Å²) in [6, 6.07) is 11.2. The van der Waals surface area contributed by atoms with Crippen LogP contribution in [0.25, 0.3) is 10.9 Å². The summed E-state index contributed by atoms with van der Waals surface area (Å²) in [4.78, 5) is 15.2. The predicted molar refractivity (Wildman–Crippen MR) is 68.2 cm³/mol. The first-order chi connectivity index (χ1) is 8.84. The maximum absolute atomic E-state index is 12.1. The molecule has 0 saturated carbocycles. The van der Waals surface area contributed by atoms with Crippen molar-refractivity contribution >= 4 is 16.8 Å². The van der Waals surface area contributed by atoms with E-state index in [1.165, 1.54) is 0 Å². The molecule has 0 fully saturated rings. The van der Waals surface area contributed by atoms with Crippen LogP contribution in [0, 0.1) is 0 Å². The summed E-state index contributed by atoms with van der Waals surface area (Å²) in [6.45, 7) is 0.392. The molecule has 0 aliphatic heterocycles. The Bertz CT molecular complexity index is 668. The largest absolute Gasteiger partial charge is 0.467 e. The van der Waals surface area contributed by atoms with E-state index < -0.39 is 0 Å². The minimum atomic E-state index is -0.112. The van der Waals surface area contributed by atoms with E-state index in [0.29, 0.717) is 12.1 Å². The molecule has 2 aromatic heterocycles. The van der Waals surface area contributed by atoms with Gasteiger partial charge < -0.3 is 14.7 Å². The van der Waals surface area contributed by atoms with E-state index in [1.807, 2.05) is 30.5 Å². The molecular weight excluding hydrogens is 228 g/mol. The highest BCUT2D eigenvalue weighted by molar-refractivity contribution is 6.05.